The topological polar surface area (TPSA) is 58.9 Å². The first-order valence-electron chi connectivity index (χ1n) is 13.0. The van der Waals surface area contributed by atoms with Gasteiger partial charge in [-0.2, -0.15) is 0 Å². The third-order valence-corrected chi connectivity index (χ3v) is 8.80. The molecule has 0 radical (unpaired) electrons. The smallest absolute Gasteiger partial charge is 0.147 e. The number of allylic oxidation sites excluding steroid dienone is 3. The molecule has 2 N–H and O–H groups in total. The molecular weight excluding hydrogens is 400 g/mol. The van der Waals surface area contributed by atoms with E-state index in [4.69, 9.17) is 9.47 Å². The second kappa shape index (κ2) is 11.2. The Kier molecular flexibility index (Phi) is 9.05. The van der Waals surface area contributed by atoms with Crippen LogP contribution in [0.15, 0.2) is 23.3 Å². The van der Waals surface area contributed by atoms with Gasteiger partial charge in [-0.25, -0.2) is 0 Å². The molecule has 6 atom stereocenters. The highest BCUT2D eigenvalue weighted by atomic mass is 16.7. The summed E-state index contributed by atoms with van der Waals surface area (Å²) in [7, 11) is 1.68. The minimum Gasteiger partial charge on any atom is -0.393 e. The number of aliphatic hydroxyl groups is 2. The van der Waals surface area contributed by atoms with Crippen molar-refractivity contribution in [2.45, 2.75) is 116 Å². The highest BCUT2D eigenvalue weighted by molar-refractivity contribution is 5.26. The van der Waals surface area contributed by atoms with Crippen molar-refractivity contribution in [3.8, 4) is 0 Å². The zero-order chi connectivity index (χ0) is 23.4. The summed E-state index contributed by atoms with van der Waals surface area (Å²) in [5.41, 5.74) is 3.11. The van der Waals surface area contributed by atoms with Crippen LogP contribution in [0.2, 0.25) is 0 Å². The first kappa shape index (κ1) is 25.9. The van der Waals surface area contributed by atoms with Crippen molar-refractivity contribution in [1.82, 2.24) is 0 Å². The third-order valence-electron chi connectivity index (χ3n) is 8.80. The minimum absolute atomic E-state index is 0.119. The van der Waals surface area contributed by atoms with Crippen molar-refractivity contribution in [3.05, 3.63) is 23.3 Å². The molecule has 0 unspecified atom stereocenters. The van der Waals surface area contributed by atoms with Crippen LogP contribution in [0.25, 0.3) is 0 Å². The molecule has 3 aliphatic rings. The Hall–Kier alpha value is -0.680. The summed E-state index contributed by atoms with van der Waals surface area (Å²) >= 11 is 0. The number of fused-ring (bicyclic) bond motifs is 1. The molecule has 0 bridgehead atoms. The molecule has 0 aromatic carbocycles. The van der Waals surface area contributed by atoms with Gasteiger partial charge >= 0.3 is 0 Å². The van der Waals surface area contributed by atoms with Crippen LogP contribution in [0.3, 0.4) is 0 Å². The van der Waals surface area contributed by atoms with Crippen molar-refractivity contribution >= 4 is 0 Å². The number of hydrogen-bond donors (Lipinski definition) is 2. The summed E-state index contributed by atoms with van der Waals surface area (Å²) in [6, 6.07) is 0. The predicted molar refractivity (Wildman–Crippen MR) is 130 cm³/mol. The molecular formula is C28H48O4. The second-order valence-electron chi connectivity index (χ2n) is 11.8. The van der Waals surface area contributed by atoms with Gasteiger partial charge < -0.3 is 19.7 Å². The third kappa shape index (κ3) is 6.46. The van der Waals surface area contributed by atoms with Gasteiger partial charge in [-0.15, -0.1) is 0 Å². The summed E-state index contributed by atoms with van der Waals surface area (Å²) in [4.78, 5) is 0. The molecule has 3 rings (SSSR count). The van der Waals surface area contributed by atoms with Crippen molar-refractivity contribution in [1.29, 1.82) is 0 Å². The van der Waals surface area contributed by atoms with E-state index in [9.17, 15) is 10.2 Å². The monoisotopic (exact) mass is 448 g/mol. The van der Waals surface area contributed by atoms with E-state index in [2.05, 4.69) is 39.8 Å². The second-order valence-corrected chi connectivity index (χ2v) is 11.8. The summed E-state index contributed by atoms with van der Waals surface area (Å²) in [6.07, 6.45) is 15.8. The van der Waals surface area contributed by atoms with E-state index < -0.39 is 0 Å². The molecule has 4 heteroatoms. The Morgan fingerprint density at radius 3 is 2.56 bits per heavy atom. The average molecular weight is 449 g/mol. The molecule has 0 saturated heterocycles. The molecule has 0 heterocycles. The highest BCUT2D eigenvalue weighted by Gasteiger charge is 2.50. The zero-order valence-electron chi connectivity index (χ0n) is 21.2. The Bertz CT molecular complexity index is 654. The maximum atomic E-state index is 10.0. The summed E-state index contributed by atoms with van der Waals surface area (Å²) in [5, 5.41) is 20.0. The highest BCUT2D eigenvalue weighted by Crippen LogP contribution is 2.60. The maximum absolute atomic E-state index is 10.0. The average Bonchev–Trinajstić information content (AvgIpc) is 3.07. The van der Waals surface area contributed by atoms with Crippen LogP contribution in [0.4, 0.5) is 0 Å². The standard InChI is InChI=1S/C28H48O4/c1-20(8-6-14-27(2,3)32-19-31-5)25-12-13-26-22(9-7-15-28(25,26)4)11-10-21-16-23(29)18-24(30)17-21/h10-11,20,23-26,29-30H,6-9,12-19H2,1-5H3/t20-,23-,24-,25-,26+,28-/m1/s1. The van der Waals surface area contributed by atoms with Crippen molar-refractivity contribution < 1.29 is 19.7 Å². The largest absolute Gasteiger partial charge is 0.393 e. The lowest BCUT2D eigenvalue weighted by Crippen LogP contribution is -2.36. The lowest BCUT2D eigenvalue weighted by Gasteiger charge is -2.44. The van der Waals surface area contributed by atoms with Gasteiger partial charge in [0, 0.05) is 7.11 Å². The normalized spacial score (nSPS) is 35.7. The first-order valence-corrected chi connectivity index (χ1v) is 13.0. The molecule has 0 amide bonds. The van der Waals surface area contributed by atoms with E-state index in [0.29, 0.717) is 37.4 Å². The van der Waals surface area contributed by atoms with Gasteiger partial charge in [-0.05, 0) is 94.8 Å². The summed E-state index contributed by atoms with van der Waals surface area (Å²) in [6.45, 7) is 9.74. The van der Waals surface area contributed by atoms with Gasteiger partial charge in [-0.1, -0.05) is 50.0 Å². The first-order chi connectivity index (χ1) is 15.1. The van der Waals surface area contributed by atoms with Crippen molar-refractivity contribution in [2.75, 3.05) is 13.9 Å². The van der Waals surface area contributed by atoms with Crippen LogP contribution >= 0.6 is 0 Å². The van der Waals surface area contributed by atoms with Crippen LogP contribution in [-0.2, 0) is 9.47 Å². The summed E-state index contributed by atoms with van der Waals surface area (Å²) < 4.78 is 10.9. The molecule has 0 spiro atoms. The Morgan fingerprint density at radius 1 is 1.16 bits per heavy atom. The van der Waals surface area contributed by atoms with Crippen LogP contribution in [0.5, 0.6) is 0 Å². The quantitative estimate of drug-likeness (QED) is 0.414. The molecule has 0 aromatic rings. The van der Waals surface area contributed by atoms with E-state index in [1.807, 2.05) is 0 Å². The van der Waals surface area contributed by atoms with Crippen molar-refractivity contribution in [3.63, 3.8) is 0 Å². The minimum atomic E-state index is -0.387. The Balaban J connectivity index is 1.60. The van der Waals surface area contributed by atoms with E-state index in [1.54, 1.807) is 12.7 Å². The van der Waals surface area contributed by atoms with Gasteiger partial charge in [0.1, 0.15) is 6.79 Å². The molecule has 32 heavy (non-hydrogen) atoms. The number of methoxy groups -OCH3 is 1. The van der Waals surface area contributed by atoms with Gasteiger partial charge in [0.15, 0.2) is 0 Å². The van der Waals surface area contributed by atoms with E-state index >= 15 is 0 Å². The molecule has 0 aliphatic heterocycles. The maximum Gasteiger partial charge on any atom is 0.147 e. The number of hydrogen-bond acceptors (Lipinski definition) is 4. The number of aliphatic hydroxyl groups excluding tert-OH is 2. The Labute approximate surface area is 196 Å². The summed E-state index contributed by atoms with van der Waals surface area (Å²) in [5.74, 6) is 2.23. The molecule has 3 fully saturated rings. The number of ether oxygens (including phenoxy) is 2. The van der Waals surface area contributed by atoms with E-state index in [-0.39, 0.29) is 17.8 Å². The predicted octanol–water partition coefficient (Wildman–Crippen LogP) is 6.17. The van der Waals surface area contributed by atoms with Crippen LogP contribution < -0.4 is 0 Å². The Morgan fingerprint density at radius 2 is 1.88 bits per heavy atom. The number of rotatable bonds is 9. The van der Waals surface area contributed by atoms with Gasteiger partial charge in [-0.3, -0.25) is 0 Å². The van der Waals surface area contributed by atoms with Crippen molar-refractivity contribution in [2.24, 2.45) is 23.2 Å². The van der Waals surface area contributed by atoms with Crippen LogP contribution in [0, 0.1) is 23.2 Å². The van der Waals surface area contributed by atoms with E-state index in [0.717, 1.165) is 18.3 Å². The molecule has 184 valence electrons. The lowest BCUT2D eigenvalue weighted by molar-refractivity contribution is -0.118. The fraction of sp³-hybridized carbons (Fsp3) is 0.857. The van der Waals surface area contributed by atoms with Crippen LogP contribution in [0.1, 0.15) is 98.3 Å². The fourth-order valence-corrected chi connectivity index (χ4v) is 7.09. The van der Waals surface area contributed by atoms with E-state index in [1.165, 1.54) is 50.5 Å². The molecule has 3 saturated carbocycles. The zero-order valence-corrected chi connectivity index (χ0v) is 21.2. The lowest BCUT2D eigenvalue weighted by atomic mass is 9.60. The molecule has 0 aromatic heterocycles. The molecule has 3 aliphatic carbocycles. The van der Waals surface area contributed by atoms with Gasteiger partial charge in [0.25, 0.3) is 0 Å². The fourth-order valence-electron chi connectivity index (χ4n) is 7.09. The van der Waals surface area contributed by atoms with Gasteiger partial charge in [0.05, 0.1) is 17.8 Å². The van der Waals surface area contributed by atoms with Gasteiger partial charge in [0.2, 0.25) is 0 Å². The SMILES string of the molecule is COCOC(C)(C)CCC[C@@H](C)[C@H]1CC[C@H]2C(=CC=C3C[C@@H](O)C[C@H](O)C3)CCC[C@]12C. The molecule has 4 nitrogen and oxygen atoms in total. The van der Waals surface area contributed by atoms with Crippen LogP contribution in [-0.4, -0.2) is 41.9 Å².